The molecule has 5 nitrogen and oxygen atoms in total. The first-order chi connectivity index (χ1) is 8.84. The smallest absolute Gasteiger partial charge is 0.311 e. The van der Waals surface area contributed by atoms with Gasteiger partial charge in [-0.25, -0.2) is 0 Å². The standard InChI is InChI=1S/C14H26N2O3/c1-4-6-14(13(18)19)7-5-8-16(9-14)12(17)11(15)10(2)3/h10-11H,4-9,15H2,1-3H3,(H,18,19)/t11-,14?/m0/s1. The summed E-state index contributed by atoms with van der Waals surface area (Å²) in [6, 6.07) is -0.536. The van der Waals surface area contributed by atoms with Crippen molar-refractivity contribution in [3.8, 4) is 0 Å². The number of aliphatic carboxylic acids is 1. The van der Waals surface area contributed by atoms with Gasteiger partial charge in [-0.05, 0) is 25.2 Å². The molecule has 0 aliphatic carbocycles. The molecule has 110 valence electrons. The number of nitrogens with two attached hydrogens (primary N) is 1. The van der Waals surface area contributed by atoms with Gasteiger partial charge in [0.1, 0.15) is 0 Å². The molecule has 1 aliphatic rings. The molecule has 1 heterocycles. The number of rotatable bonds is 5. The van der Waals surface area contributed by atoms with Gasteiger partial charge in [0.2, 0.25) is 5.91 Å². The number of likely N-dealkylation sites (tertiary alicyclic amines) is 1. The van der Waals surface area contributed by atoms with Crippen LogP contribution in [0.3, 0.4) is 0 Å². The average Bonchev–Trinajstić information content (AvgIpc) is 2.37. The molecule has 1 fully saturated rings. The molecule has 0 aromatic carbocycles. The molecule has 2 atom stereocenters. The van der Waals surface area contributed by atoms with Gasteiger partial charge < -0.3 is 15.7 Å². The SMILES string of the molecule is CCCC1(C(=O)O)CCCN(C(=O)[C@@H](N)C(C)C)C1. The maximum absolute atomic E-state index is 12.3. The summed E-state index contributed by atoms with van der Waals surface area (Å²) in [6.07, 6.45) is 2.81. The first-order valence-electron chi connectivity index (χ1n) is 7.12. The second-order valence-electron chi connectivity index (χ2n) is 5.97. The molecule has 0 saturated carbocycles. The second-order valence-corrected chi connectivity index (χ2v) is 5.97. The van der Waals surface area contributed by atoms with Crippen molar-refractivity contribution in [2.75, 3.05) is 13.1 Å². The van der Waals surface area contributed by atoms with Gasteiger partial charge in [0.25, 0.3) is 0 Å². The summed E-state index contributed by atoms with van der Waals surface area (Å²) in [5, 5.41) is 9.50. The van der Waals surface area contributed by atoms with Crippen LogP contribution in [0, 0.1) is 11.3 Å². The topological polar surface area (TPSA) is 83.6 Å². The van der Waals surface area contributed by atoms with E-state index in [0.29, 0.717) is 25.9 Å². The van der Waals surface area contributed by atoms with E-state index in [0.717, 1.165) is 12.8 Å². The Morgan fingerprint density at radius 1 is 1.42 bits per heavy atom. The molecule has 1 rings (SSSR count). The number of carboxylic acid groups (broad SMARTS) is 1. The van der Waals surface area contributed by atoms with Crippen molar-refractivity contribution < 1.29 is 14.7 Å². The Labute approximate surface area is 115 Å². The molecule has 0 bridgehead atoms. The molecule has 1 aliphatic heterocycles. The summed E-state index contributed by atoms with van der Waals surface area (Å²) in [4.78, 5) is 25.5. The second kappa shape index (κ2) is 6.37. The fourth-order valence-electron chi connectivity index (χ4n) is 2.78. The van der Waals surface area contributed by atoms with E-state index in [1.54, 1.807) is 4.90 Å². The highest BCUT2D eigenvalue weighted by molar-refractivity contribution is 5.83. The van der Waals surface area contributed by atoms with Crippen molar-refractivity contribution in [1.29, 1.82) is 0 Å². The molecule has 3 N–H and O–H groups in total. The van der Waals surface area contributed by atoms with Crippen LogP contribution in [0.25, 0.3) is 0 Å². The number of hydrogen-bond donors (Lipinski definition) is 2. The number of piperidine rings is 1. The third-order valence-electron chi connectivity index (χ3n) is 4.07. The molecular weight excluding hydrogens is 244 g/mol. The van der Waals surface area contributed by atoms with Crippen LogP contribution >= 0.6 is 0 Å². The van der Waals surface area contributed by atoms with E-state index in [4.69, 9.17) is 5.73 Å². The van der Waals surface area contributed by atoms with Crippen LogP contribution < -0.4 is 5.73 Å². The van der Waals surface area contributed by atoms with Gasteiger partial charge in [-0.15, -0.1) is 0 Å². The third-order valence-corrected chi connectivity index (χ3v) is 4.07. The fraction of sp³-hybridized carbons (Fsp3) is 0.857. The molecule has 1 unspecified atom stereocenters. The highest BCUT2D eigenvalue weighted by Gasteiger charge is 2.43. The lowest BCUT2D eigenvalue weighted by Crippen LogP contribution is -2.54. The van der Waals surface area contributed by atoms with Gasteiger partial charge >= 0.3 is 5.97 Å². The van der Waals surface area contributed by atoms with Crippen molar-refractivity contribution in [3.63, 3.8) is 0 Å². The summed E-state index contributed by atoms with van der Waals surface area (Å²) >= 11 is 0. The average molecular weight is 270 g/mol. The van der Waals surface area contributed by atoms with E-state index in [-0.39, 0.29) is 11.8 Å². The van der Waals surface area contributed by atoms with E-state index in [1.807, 2.05) is 20.8 Å². The number of nitrogens with zero attached hydrogens (tertiary/aromatic N) is 1. The third kappa shape index (κ3) is 3.47. The minimum Gasteiger partial charge on any atom is -0.481 e. The zero-order valence-corrected chi connectivity index (χ0v) is 12.2. The molecule has 1 amide bonds. The van der Waals surface area contributed by atoms with Gasteiger partial charge in [-0.3, -0.25) is 9.59 Å². The molecular formula is C14H26N2O3. The van der Waals surface area contributed by atoms with Crippen LogP contribution in [-0.2, 0) is 9.59 Å². The highest BCUT2D eigenvalue weighted by Crippen LogP contribution is 2.35. The predicted molar refractivity (Wildman–Crippen MR) is 73.6 cm³/mol. The first-order valence-corrected chi connectivity index (χ1v) is 7.12. The van der Waals surface area contributed by atoms with Gasteiger partial charge in [0.15, 0.2) is 0 Å². The largest absolute Gasteiger partial charge is 0.481 e. The van der Waals surface area contributed by atoms with Crippen molar-refractivity contribution in [2.24, 2.45) is 17.1 Å². The van der Waals surface area contributed by atoms with Crippen LogP contribution in [0.15, 0.2) is 0 Å². The van der Waals surface area contributed by atoms with Crippen LogP contribution in [0.2, 0.25) is 0 Å². The van der Waals surface area contributed by atoms with Gasteiger partial charge in [-0.2, -0.15) is 0 Å². The summed E-state index contributed by atoms with van der Waals surface area (Å²) in [7, 11) is 0. The van der Waals surface area contributed by atoms with Crippen molar-refractivity contribution >= 4 is 11.9 Å². The molecule has 19 heavy (non-hydrogen) atoms. The predicted octanol–water partition coefficient (Wildman–Crippen LogP) is 1.46. The van der Waals surface area contributed by atoms with Crippen molar-refractivity contribution in [1.82, 2.24) is 4.90 Å². The van der Waals surface area contributed by atoms with Crippen LogP contribution in [0.4, 0.5) is 0 Å². The summed E-state index contributed by atoms with van der Waals surface area (Å²) in [5.74, 6) is -0.832. The number of carbonyl (C=O) groups excluding carboxylic acids is 1. The highest BCUT2D eigenvalue weighted by atomic mass is 16.4. The van der Waals surface area contributed by atoms with Gasteiger partial charge in [-0.1, -0.05) is 27.2 Å². The summed E-state index contributed by atoms with van der Waals surface area (Å²) in [6.45, 7) is 6.71. The Balaban J connectivity index is 2.83. The van der Waals surface area contributed by atoms with Crippen molar-refractivity contribution in [3.05, 3.63) is 0 Å². The normalized spacial score (nSPS) is 25.4. The van der Waals surface area contributed by atoms with Crippen LogP contribution in [-0.4, -0.2) is 41.0 Å². The molecule has 0 aromatic heterocycles. The molecule has 5 heteroatoms. The number of amides is 1. The fourth-order valence-corrected chi connectivity index (χ4v) is 2.78. The zero-order valence-electron chi connectivity index (χ0n) is 12.2. The van der Waals surface area contributed by atoms with E-state index in [1.165, 1.54) is 0 Å². The number of carbonyl (C=O) groups is 2. The van der Waals surface area contributed by atoms with Gasteiger partial charge in [0, 0.05) is 13.1 Å². The monoisotopic (exact) mass is 270 g/mol. The Kier molecular flexibility index (Phi) is 5.35. The quantitative estimate of drug-likeness (QED) is 0.792. The van der Waals surface area contributed by atoms with E-state index in [2.05, 4.69) is 0 Å². The molecule has 1 saturated heterocycles. The first kappa shape index (κ1) is 16.0. The lowest BCUT2D eigenvalue weighted by atomic mass is 9.76. The summed E-state index contributed by atoms with van der Waals surface area (Å²) in [5.41, 5.74) is 5.11. The van der Waals surface area contributed by atoms with Crippen LogP contribution in [0.1, 0.15) is 46.5 Å². The Morgan fingerprint density at radius 3 is 2.53 bits per heavy atom. The maximum atomic E-state index is 12.3. The molecule has 0 spiro atoms. The van der Waals surface area contributed by atoms with Crippen molar-refractivity contribution in [2.45, 2.75) is 52.5 Å². The number of hydrogen-bond acceptors (Lipinski definition) is 3. The van der Waals surface area contributed by atoms with E-state index in [9.17, 15) is 14.7 Å². The van der Waals surface area contributed by atoms with Gasteiger partial charge in [0.05, 0.1) is 11.5 Å². The van der Waals surface area contributed by atoms with E-state index < -0.39 is 17.4 Å². The summed E-state index contributed by atoms with van der Waals surface area (Å²) < 4.78 is 0. The zero-order chi connectivity index (χ0) is 14.6. The molecule has 0 radical (unpaired) electrons. The minimum absolute atomic E-state index is 0.0693. The van der Waals surface area contributed by atoms with E-state index >= 15 is 0 Å². The Bertz CT molecular complexity index is 340. The lowest BCUT2D eigenvalue weighted by molar-refractivity contribution is -0.156. The Morgan fingerprint density at radius 2 is 2.05 bits per heavy atom. The lowest BCUT2D eigenvalue weighted by Gasteiger charge is -2.41. The Hall–Kier alpha value is -1.10. The number of carboxylic acids is 1. The molecule has 0 aromatic rings. The maximum Gasteiger partial charge on any atom is 0.311 e. The minimum atomic E-state index is -0.787. The van der Waals surface area contributed by atoms with Crippen LogP contribution in [0.5, 0.6) is 0 Å².